The van der Waals surface area contributed by atoms with Crippen LogP contribution in [0.2, 0.25) is 0 Å². The standard InChI is InChI=1S/C15H13N5O6S.2Na/c1-7-5-12(21)20-14(16-7)13(8(2)19-20)18-17-11-4-3-9(27(24,25)26)6-10(11)15(22)23;;/h3-6,19H,1-2H3,(H,22,23)(H,24,25,26);;/q;2*+1/p-2. The number of aromatic nitrogens is 3. The summed E-state index contributed by atoms with van der Waals surface area (Å²) in [6, 6.07) is 3.91. The molecule has 0 aliphatic carbocycles. The van der Waals surface area contributed by atoms with Crippen molar-refractivity contribution in [1.82, 2.24) is 14.6 Å². The molecule has 2 heterocycles. The molecule has 0 atom stereocenters. The third-order valence-electron chi connectivity index (χ3n) is 3.63. The van der Waals surface area contributed by atoms with Crippen LogP contribution < -0.4 is 69.8 Å². The third-order valence-corrected chi connectivity index (χ3v) is 4.46. The molecule has 2 aromatic heterocycles. The Morgan fingerprint density at radius 2 is 1.83 bits per heavy atom. The summed E-state index contributed by atoms with van der Waals surface area (Å²) in [6.07, 6.45) is 0. The normalized spacial score (nSPS) is 11.3. The fourth-order valence-electron chi connectivity index (χ4n) is 2.40. The van der Waals surface area contributed by atoms with Gasteiger partial charge < -0.3 is 14.5 Å². The summed E-state index contributed by atoms with van der Waals surface area (Å²) in [4.78, 5) is 26.7. The Morgan fingerprint density at radius 1 is 1.17 bits per heavy atom. The van der Waals surface area contributed by atoms with Crippen molar-refractivity contribution in [3.05, 3.63) is 51.6 Å². The van der Waals surface area contributed by atoms with Crippen LogP contribution in [0.4, 0.5) is 11.4 Å². The second kappa shape index (κ2) is 9.62. The molecule has 140 valence electrons. The number of hydrogen-bond acceptors (Lipinski definition) is 9. The number of nitrogens with zero attached hydrogens (tertiary/aromatic N) is 4. The van der Waals surface area contributed by atoms with E-state index in [0.29, 0.717) is 17.5 Å². The Kier molecular flexibility index (Phi) is 8.51. The molecule has 3 aromatic rings. The quantitative estimate of drug-likeness (QED) is 0.242. The molecule has 0 unspecified atom stereocenters. The van der Waals surface area contributed by atoms with Gasteiger partial charge in [0.25, 0.3) is 5.56 Å². The van der Waals surface area contributed by atoms with E-state index in [4.69, 9.17) is 0 Å². The van der Waals surface area contributed by atoms with E-state index in [1.54, 1.807) is 13.8 Å². The molecular weight excluding hydrogens is 424 g/mol. The van der Waals surface area contributed by atoms with Gasteiger partial charge in [0.05, 0.1) is 22.2 Å². The summed E-state index contributed by atoms with van der Waals surface area (Å²) >= 11 is 0. The number of fused-ring (bicyclic) bond motifs is 1. The SMILES string of the molecule is Cc1cc(=O)n2[nH]c(C)c(N=Nc3ccc(S(=O)(=O)[O-])cc3C(=O)[O-])c2n1.[Na+].[Na+]. The Labute approximate surface area is 208 Å². The molecule has 11 nitrogen and oxygen atoms in total. The number of H-pyrrole nitrogens is 1. The number of rotatable bonds is 4. The van der Waals surface area contributed by atoms with Gasteiger partial charge in [-0.1, -0.05) is 0 Å². The molecule has 1 N–H and O–H groups in total. The molecule has 14 heteroatoms. The number of carbonyl (C=O) groups is 1. The number of aromatic amines is 1. The van der Waals surface area contributed by atoms with E-state index in [2.05, 4.69) is 20.3 Å². The third kappa shape index (κ3) is 5.41. The number of carboxylic acid groups (broad SMARTS) is 1. The van der Waals surface area contributed by atoms with E-state index in [0.717, 1.165) is 16.6 Å². The number of azo groups is 1. The van der Waals surface area contributed by atoms with Crippen molar-refractivity contribution in [2.75, 3.05) is 0 Å². The zero-order valence-corrected chi connectivity index (χ0v) is 20.8. The van der Waals surface area contributed by atoms with Crippen molar-refractivity contribution in [3.63, 3.8) is 0 Å². The van der Waals surface area contributed by atoms with Crippen molar-refractivity contribution < 1.29 is 82.0 Å². The fraction of sp³-hybridized carbons (Fsp3) is 0.133. The maximum atomic E-state index is 12.0. The summed E-state index contributed by atoms with van der Waals surface area (Å²) in [5.74, 6) is -1.73. The molecule has 0 saturated heterocycles. The molecule has 0 saturated carbocycles. The van der Waals surface area contributed by atoms with Crippen molar-refractivity contribution >= 4 is 33.1 Å². The van der Waals surface area contributed by atoms with Gasteiger partial charge >= 0.3 is 59.1 Å². The molecule has 1 aromatic carbocycles. The van der Waals surface area contributed by atoms with Crippen LogP contribution in [0.3, 0.4) is 0 Å². The first-order valence-corrected chi connectivity index (χ1v) is 8.81. The van der Waals surface area contributed by atoms with E-state index in [-0.39, 0.29) is 81.7 Å². The summed E-state index contributed by atoms with van der Waals surface area (Å²) in [6.45, 7) is 3.24. The van der Waals surface area contributed by atoms with Gasteiger partial charge in [-0.2, -0.15) is 4.52 Å². The van der Waals surface area contributed by atoms with Gasteiger partial charge in [0.15, 0.2) is 11.3 Å². The minimum absolute atomic E-state index is 0. The zero-order valence-electron chi connectivity index (χ0n) is 16.0. The van der Waals surface area contributed by atoms with Gasteiger partial charge in [-0.15, -0.1) is 10.2 Å². The number of hydrogen-bond donors (Lipinski definition) is 1. The number of benzene rings is 1. The van der Waals surface area contributed by atoms with E-state index >= 15 is 0 Å². The number of nitrogens with one attached hydrogen (secondary N) is 1. The molecule has 3 rings (SSSR count). The van der Waals surface area contributed by atoms with Gasteiger partial charge in [-0.3, -0.25) is 9.89 Å². The van der Waals surface area contributed by atoms with Crippen molar-refractivity contribution in [2.45, 2.75) is 18.7 Å². The number of aromatic carboxylic acids is 1. The van der Waals surface area contributed by atoms with Gasteiger partial charge in [-0.05, 0) is 32.0 Å². The molecule has 0 fully saturated rings. The maximum Gasteiger partial charge on any atom is 1.00 e. The Balaban J connectivity index is 0.00000210. The van der Waals surface area contributed by atoms with Gasteiger partial charge in [-0.25, -0.2) is 13.4 Å². The van der Waals surface area contributed by atoms with Crippen molar-refractivity contribution in [3.8, 4) is 0 Å². The Bertz CT molecular complexity index is 1280. The largest absolute Gasteiger partial charge is 1.00 e. The molecule has 0 amide bonds. The number of carboxylic acids is 1. The first-order valence-electron chi connectivity index (χ1n) is 7.40. The Morgan fingerprint density at radius 3 is 2.41 bits per heavy atom. The van der Waals surface area contributed by atoms with Crippen LogP contribution in [0.15, 0.2) is 44.2 Å². The molecule has 0 radical (unpaired) electrons. The summed E-state index contributed by atoms with van der Waals surface area (Å²) < 4.78 is 34.3. The van der Waals surface area contributed by atoms with Crippen LogP contribution in [0, 0.1) is 13.8 Å². The van der Waals surface area contributed by atoms with Gasteiger partial charge in [0.1, 0.15) is 10.1 Å². The van der Waals surface area contributed by atoms with Crippen LogP contribution >= 0.6 is 0 Å². The minimum Gasteiger partial charge on any atom is -0.744 e. The average molecular weight is 435 g/mol. The number of carbonyl (C=O) groups excluding carboxylic acids is 1. The topological polar surface area (TPSA) is 172 Å². The van der Waals surface area contributed by atoms with E-state index in [9.17, 15) is 27.7 Å². The molecule has 0 spiro atoms. The molecule has 29 heavy (non-hydrogen) atoms. The average Bonchev–Trinajstić information content (AvgIpc) is 2.87. The van der Waals surface area contributed by atoms with E-state index in [1.807, 2.05) is 0 Å². The van der Waals surface area contributed by atoms with E-state index in [1.165, 1.54) is 6.07 Å². The van der Waals surface area contributed by atoms with Gasteiger partial charge in [0.2, 0.25) is 0 Å². The molecule has 0 aliphatic heterocycles. The number of aryl methyl sites for hydroxylation is 2. The Hall–Kier alpha value is -1.38. The van der Waals surface area contributed by atoms with Crippen LogP contribution in [-0.2, 0) is 10.1 Å². The van der Waals surface area contributed by atoms with Crippen molar-refractivity contribution in [2.24, 2.45) is 10.2 Å². The molecular formula is C15H11N5Na2O6S. The second-order valence-corrected chi connectivity index (χ2v) is 6.98. The van der Waals surface area contributed by atoms with Crippen LogP contribution in [0.5, 0.6) is 0 Å². The van der Waals surface area contributed by atoms with E-state index < -0.39 is 26.5 Å². The molecule has 0 bridgehead atoms. The molecule has 0 aliphatic rings. The first kappa shape index (κ1) is 25.7. The maximum absolute atomic E-state index is 12.0. The summed E-state index contributed by atoms with van der Waals surface area (Å²) in [5.41, 5.74) is 0.0855. The summed E-state index contributed by atoms with van der Waals surface area (Å²) in [7, 11) is -4.85. The van der Waals surface area contributed by atoms with Crippen LogP contribution in [0.1, 0.15) is 21.7 Å². The summed E-state index contributed by atoms with van der Waals surface area (Å²) in [5, 5.41) is 21.8. The van der Waals surface area contributed by atoms with Crippen LogP contribution in [0.25, 0.3) is 5.65 Å². The van der Waals surface area contributed by atoms with Gasteiger partial charge in [0, 0.05) is 17.3 Å². The predicted octanol–water partition coefficient (Wildman–Crippen LogP) is -5.67. The van der Waals surface area contributed by atoms with Crippen molar-refractivity contribution in [1.29, 1.82) is 0 Å². The zero-order chi connectivity index (χ0) is 19.9. The predicted molar refractivity (Wildman–Crippen MR) is 88.2 cm³/mol. The fourth-order valence-corrected chi connectivity index (χ4v) is 2.89. The first-order chi connectivity index (χ1) is 12.6. The minimum atomic E-state index is -4.85. The monoisotopic (exact) mass is 435 g/mol. The second-order valence-electron chi connectivity index (χ2n) is 5.60. The van der Waals surface area contributed by atoms with Crippen LogP contribution in [-0.4, -0.2) is 33.5 Å². The smallest absolute Gasteiger partial charge is 0.744 e.